The van der Waals surface area contributed by atoms with E-state index in [2.05, 4.69) is 20.9 Å². The third-order valence-electron chi connectivity index (χ3n) is 3.66. The summed E-state index contributed by atoms with van der Waals surface area (Å²) in [4.78, 5) is 3.00. The van der Waals surface area contributed by atoms with Gasteiger partial charge < -0.3 is 34.9 Å². The van der Waals surface area contributed by atoms with E-state index in [1.165, 1.54) is 0 Å². The number of halogens is 1. The summed E-state index contributed by atoms with van der Waals surface area (Å²) in [7, 11) is 0. The van der Waals surface area contributed by atoms with E-state index in [-0.39, 0.29) is 0 Å². The van der Waals surface area contributed by atoms with Crippen molar-refractivity contribution in [3.8, 4) is 5.88 Å². The van der Waals surface area contributed by atoms with Crippen LogP contribution in [-0.4, -0.2) is 62.7 Å². The lowest BCUT2D eigenvalue weighted by Gasteiger charge is -2.39. The van der Waals surface area contributed by atoms with E-state index in [9.17, 15) is 15.3 Å². The van der Waals surface area contributed by atoms with E-state index in [1.54, 1.807) is 6.07 Å². The van der Waals surface area contributed by atoms with E-state index in [1.807, 2.05) is 18.2 Å². The van der Waals surface area contributed by atoms with Crippen LogP contribution in [0.5, 0.6) is 5.88 Å². The zero-order valence-corrected chi connectivity index (χ0v) is 13.0. The minimum Gasteiger partial charge on any atom is -0.467 e. The van der Waals surface area contributed by atoms with Gasteiger partial charge in [-0.3, -0.25) is 0 Å². The highest BCUT2D eigenvalue weighted by Gasteiger charge is 2.45. The number of ether oxygens (including phenoxy) is 2. The summed E-state index contributed by atoms with van der Waals surface area (Å²) in [6, 6.07) is 7.32. The number of hydrogen-bond donors (Lipinski definition) is 5. The van der Waals surface area contributed by atoms with Crippen molar-refractivity contribution < 1.29 is 29.9 Å². The van der Waals surface area contributed by atoms with Gasteiger partial charge in [-0.2, -0.15) is 0 Å². The molecule has 2 aromatic rings. The minimum absolute atomic E-state index is 0.328. The molecule has 3 rings (SSSR count). The van der Waals surface area contributed by atoms with Crippen molar-refractivity contribution in [2.24, 2.45) is 0 Å². The van der Waals surface area contributed by atoms with E-state index in [4.69, 9.17) is 14.6 Å². The summed E-state index contributed by atoms with van der Waals surface area (Å²) in [6.07, 6.45) is -6.43. The molecule has 0 saturated carbocycles. The molecule has 1 saturated heterocycles. The molecule has 7 nitrogen and oxygen atoms in total. The van der Waals surface area contributed by atoms with E-state index in [0.717, 1.165) is 15.4 Å². The number of hydrogen-bond acceptors (Lipinski definition) is 6. The van der Waals surface area contributed by atoms with Gasteiger partial charge >= 0.3 is 0 Å². The molecule has 0 aliphatic carbocycles. The fraction of sp³-hybridized carbons (Fsp3) is 0.429. The van der Waals surface area contributed by atoms with Crippen molar-refractivity contribution in [1.29, 1.82) is 0 Å². The molecule has 8 heteroatoms. The van der Waals surface area contributed by atoms with Crippen molar-refractivity contribution in [3.63, 3.8) is 0 Å². The van der Waals surface area contributed by atoms with Crippen LogP contribution in [0.25, 0.3) is 10.9 Å². The normalized spacial score (nSPS) is 32.3. The van der Waals surface area contributed by atoms with Crippen LogP contribution in [-0.2, 0) is 4.74 Å². The van der Waals surface area contributed by atoms with Gasteiger partial charge in [-0.25, -0.2) is 0 Å². The highest BCUT2D eigenvalue weighted by molar-refractivity contribution is 9.10. The molecule has 1 aliphatic heterocycles. The first kappa shape index (κ1) is 15.7. The highest BCUT2D eigenvalue weighted by atomic mass is 79.9. The van der Waals surface area contributed by atoms with Gasteiger partial charge in [0, 0.05) is 21.4 Å². The van der Waals surface area contributed by atoms with E-state index < -0.39 is 37.3 Å². The molecule has 0 bridgehead atoms. The maximum Gasteiger partial charge on any atom is 0.195 e. The van der Waals surface area contributed by atoms with Gasteiger partial charge in [0.25, 0.3) is 0 Å². The van der Waals surface area contributed by atoms with Gasteiger partial charge in [0.1, 0.15) is 18.3 Å². The number of benzene rings is 1. The molecule has 1 fully saturated rings. The zero-order valence-electron chi connectivity index (χ0n) is 11.4. The van der Waals surface area contributed by atoms with Crippen LogP contribution in [0.15, 0.2) is 28.7 Å². The Kier molecular flexibility index (Phi) is 4.40. The number of aliphatic hydroxyl groups is 4. The Bertz CT molecular complexity index is 662. The molecule has 5 atom stereocenters. The molecule has 0 radical (unpaired) electrons. The van der Waals surface area contributed by atoms with Gasteiger partial charge in [-0.1, -0.05) is 15.9 Å². The molecule has 0 amide bonds. The number of rotatable bonds is 3. The molecule has 1 aliphatic rings. The quantitative estimate of drug-likeness (QED) is 0.521. The molecule has 22 heavy (non-hydrogen) atoms. The Balaban J connectivity index is 1.81. The number of aliphatic hydroxyl groups excluding tert-OH is 4. The van der Waals surface area contributed by atoms with Gasteiger partial charge in [-0.15, -0.1) is 0 Å². The van der Waals surface area contributed by atoms with Crippen molar-refractivity contribution in [3.05, 3.63) is 28.7 Å². The van der Waals surface area contributed by atoms with Gasteiger partial charge in [0.15, 0.2) is 18.3 Å². The Morgan fingerprint density at radius 3 is 2.68 bits per heavy atom. The lowest BCUT2D eigenvalue weighted by atomic mass is 9.99. The average molecular weight is 374 g/mol. The number of fused-ring (bicyclic) bond motifs is 1. The van der Waals surface area contributed by atoms with Crippen molar-refractivity contribution in [2.45, 2.75) is 30.7 Å². The van der Waals surface area contributed by atoms with Gasteiger partial charge in [0.05, 0.1) is 6.61 Å². The predicted octanol–water partition coefficient (Wildman–Crippen LogP) is 0.109. The van der Waals surface area contributed by atoms with Crippen LogP contribution < -0.4 is 4.74 Å². The Hall–Kier alpha value is -1.16. The first-order valence-corrected chi connectivity index (χ1v) is 7.54. The molecule has 1 aromatic heterocycles. The monoisotopic (exact) mass is 373 g/mol. The summed E-state index contributed by atoms with van der Waals surface area (Å²) in [5.41, 5.74) is 0.827. The lowest BCUT2D eigenvalue weighted by Crippen LogP contribution is -2.60. The van der Waals surface area contributed by atoms with Crippen LogP contribution in [0.2, 0.25) is 0 Å². The molecule has 120 valence electrons. The zero-order chi connectivity index (χ0) is 15.9. The first-order valence-electron chi connectivity index (χ1n) is 6.75. The largest absolute Gasteiger partial charge is 0.467 e. The Morgan fingerprint density at radius 2 is 1.95 bits per heavy atom. The second-order valence-corrected chi connectivity index (χ2v) is 6.09. The maximum atomic E-state index is 10.0. The molecule has 0 spiro atoms. The number of H-pyrrole nitrogens is 1. The Labute approximate surface area is 134 Å². The van der Waals surface area contributed by atoms with Crippen molar-refractivity contribution >= 4 is 26.8 Å². The third kappa shape index (κ3) is 2.85. The average Bonchev–Trinajstić information content (AvgIpc) is 2.89. The number of aromatic nitrogens is 1. The molecular formula is C14H16BrNO6. The van der Waals surface area contributed by atoms with Gasteiger partial charge in [-0.05, 0) is 18.2 Å². The fourth-order valence-electron chi connectivity index (χ4n) is 2.49. The third-order valence-corrected chi connectivity index (χ3v) is 4.16. The summed E-state index contributed by atoms with van der Waals surface area (Å²) in [6.45, 7) is -0.511. The molecular weight excluding hydrogens is 358 g/mol. The summed E-state index contributed by atoms with van der Waals surface area (Å²) >= 11 is 3.37. The fourth-order valence-corrected chi connectivity index (χ4v) is 2.86. The molecule has 5 N–H and O–H groups in total. The summed E-state index contributed by atoms with van der Waals surface area (Å²) in [5.74, 6) is 0.328. The van der Waals surface area contributed by atoms with Crippen molar-refractivity contribution in [2.75, 3.05) is 6.61 Å². The number of nitrogens with one attached hydrogen (secondary N) is 1. The SMILES string of the molecule is OC[C@H]1O[C@@H](O)[C@H](Oc2cc3cc(Br)ccc3[nH]2)[C@@H](O)[C@H]1O. The molecule has 2 heterocycles. The van der Waals surface area contributed by atoms with Crippen LogP contribution in [0.3, 0.4) is 0 Å². The summed E-state index contributed by atoms with van der Waals surface area (Å²) in [5, 5.41) is 39.7. The second-order valence-electron chi connectivity index (χ2n) is 5.18. The first-order chi connectivity index (χ1) is 10.5. The minimum atomic E-state index is -1.46. The van der Waals surface area contributed by atoms with Crippen LogP contribution in [0.1, 0.15) is 0 Å². The topological polar surface area (TPSA) is 115 Å². The van der Waals surface area contributed by atoms with E-state index >= 15 is 0 Å². The van der Waals surface area contributed by atoms with Crippen LogP contribution >= 0.6 is 15.9 Å². The maximum absolute atomic E-state index is 10.0. The smallest absolute Gasteiger partial charge is 0.195 e. The second kappa shape index (κ2) is 6.15. The number of aromatic amines is 1. The van der Waals surface area contributed by atoms with Crippen LogP contribution in [0.4, 0.5) is 0 Å². The predicted molar refractivity (Wildman–Crippen MR) is 80.4 cm³/mol. The van der Waals surface area contributed by atoms with Gasteiger partial charge in [0.2, 0.25) is 0 Å². The summed E-state index contributed by atoms with van der Waals surface area (Å²) < 4.78 is 11.5. The highest BCUT2D eigenvalue weighted by Crippen LogP contribution is 2.28. The van der Waals surface area contributed by atoms with E-state index in [0.29, 0.717) is 5.88 Å². The lowest BCUT2D eigenvalue weighted by molar-refractivity contribution is -0.280. The molecule has 1 aromatic carbocycles. The van der Waals surface area contributed by atoms with Crippen LogP contribution in [0, 0.1) is 0 Å². The van der Waals surface area contributed by atoms with Crippen molar-refractivity contribution in [1.82, 2.24) is 4.98 Å². The molecule has 0 unspecified atom stereocenters. The Morgan fingerprint density at radius 1 is 1.18 bits per heavy atom. The standard InChI is InChI=1S/C14H16BrNO6/c15-7-1-2-8-6(3-7)4-10(16-8)22-13-12(19)11(18)9(5-17)21-14(13)20/h1-4,9,11-14,16-20H,5H2/t9-,11+,12+,13-,14-/m1/s1.